The SMILES string of the molecule is CC(=O)N[C@@H](C)C(=O)Nc1cccc(CNC(=O)OC(C)(C)C)c1. The smallest absolute Gasteiger partial charge is 0.407 e. The average molecular weight is 335 g/mol. The van der Waals surface area contributed by atoms with Gasteiger partial charge in [-0.3, -0.25) is 9.59 Å². The lowest BCUT2D eigenvalue weighted by Crippen LogP contribution is -2.40. The number of carbonyl (C=O) groups excluding carboxylic acids is 3. The maximum absolute atomic E-state index is 12.0. The van der Waals surface area contributed by atoms with Crippen molar-refractivity contribution in [1.82, 2.24) is 10.6 Å². The summed E-state index contributed by atoms with van der Waals surface area (Å²) in [6, 6.07) is 6.44. The zero-order chi connectivity index (χ0) is 18.3. The Hall–Kier alpha value is -2.57. The number of hydrogen-bond donors (Lipinski definition) is 3. The lowest BCUT2D eigenvalue weighted by molar-refractivity contribution is -0.124. The van der Waals surface area contributed by atoms with Gasteiger partial charge in [0.05, 0.1) is 0 Å². The standard InChI is InChI=1S/C17H25N3O4/c1-11(19-12(2)21)15(22)20-14-8-6-7-13(9-14)10-18-16(23)24-17(3,4)5/h6-9,11H,10H2,1-5H3,(H,18,23)(H,19,21)(H,20,22)/t11-/m0/s1. The van der Waals surface area contributed by atoms with Gasteiger partial charge in [-0.25, -0.2) is 4.79 Å². The highest BCUT2D eigenvalue weighted by Gasteiger charge is 2.16. The summed E-state index contributed by atoms with van der Waals surface area (Å²) in [5.74, 6) is -0.588. The molecule has 1 rings (SSSR count). The summed E-state index contributed by atoms with van der Waals surface area (Å²) in [5, 5.41) is 7.88. The molecule has 0 saturated carbocycles. The van der Waals surface area contributed by atoms with Crippen LogP contribution in [0.4, 0.5) is 10.5 Å². The van der Waals surface area contributed by atoms with Gasteiger partial charge in [0, 0.05) is 19.2 Å². The second kappa shape index (κ2) is 8.33. The van der Waals surface area contributed by atoms with Crippen LogP contribution in [0.5, 0.6) is 0 Å². The van der Waals surface area contributed by atoms with Crippen molar-refractivity contribution in [2.24, 2.45) is 0 Å². The van der Waals surface area contributed by atoms with Crippen molar-refractivity contribution in [2.45, 2.75) is 52.8 Å². The molecule has 1 atom stereocenters. The first-order chi connectivity index (χ1) is 11.1. The molecule has 7 heteroatoms. The second-order valence-electron chi connectivity index (χ2n) is 6.47. The van der Waals surface area contributed by atoms with Crippen LogP contribution < -0.4 is 16.0 Å². The molecule has 0 fully saturated rings. The molecule has 3 amide bonds. The molecule has 0 aliphatic rings. The molecule has 0 bridgehead atoms. The third kappa shape index (κ3) is 7.62. The van der Waals surface area contributed by atoms with Crippen LogP contribution in [0, 0.1) is 0 Å². The van der Waals surface area contributed by atoms with E-state index in [2.05, 4.69) is 16.0 Å². The fraction of sp³-hybridized carbons (Fsp3) is 0.471. The largest absolute Gasteiger partial charge is 0.444 e. The molecular weight excluding hydrogens is 310 g/mol. The predicted molar refractivity (Wildman–Crippen MR) is 91.4 cm³/mol. The van der Waals surface area contributed by atoms with E-state index in [1.807, 2.05) is 6.07 Å². The third-order valence-electron chi connectivity index (χ3n) is 2.84. The Morgan fingerprint density at radius 1 is 1.21 bits per heavy atom. The van der Waals surface area contributed by atoms with Crippen molar-refractivity contribution in [2.75, 3.05) is 5.32 Å². The summed E-state index contributed by atoms with van der Waals surface area (Å²) in [6.45, 7) is 8.61. The summed E-state index contributed by atoms with van der Waals surface area (Å²) in [5.41, 5.74) is 0.839. The fourth-order valence-electron chi connectivity index (χ4n) is 1.87. The Bertz CT molecular complexity index is 608. The van der Waals surface area contributed by atoms with E-state index in [4.69, 9.17) is 4.74 Å². The van der Waals surface area contributed by atoms with Gasteiger partial charge in [-0.1, -0.05) is 12.1 Å². The average Bonchev–Trinajstić information content (AvgIpc) is 2.43. The number of ether oxygens (including phenoxy) is 1. The van der Waals surface area contributed by atoms with Crippen LogP contribution in [-0.2, 0) is 20.9 Å². The minimum Gasteiger partial charge on any atom is -0.444 e. The fourth-order valence-corrected chi connectivity index (χ4v) is 1.87. The van der Waals surface area contributed by atoms with Gasteiger partial charge in [0.25, 0.3) is 0 Å². The maximum atomic E-state index is 12.0. The monoisotopic (exact) mass is 335 g/mol. The van der Waals surface area contributed by atoms with Gasteiger partial charge in [-0.2, -0.15) is 0 Å². The molecule has 0 aliphatic heterocycles. The van der Waals surface area contributed by atoms with E-state index in [-0.39, 0.29) is 18.4 Å². The number of anilines is 1. The van der Waals surface area contributed by atoms with Gasteiger partial charge < -0.3 is 20.7 Å². The molecule has 24 heavy (non-hydrogen) atoms. The molecule has 0 spiro atoms. The van der Waals surface area contributed by atoms with Crippen LogP contribution in [-0.4, -0.2) is 29.6 Å². The lowest BCUT2D eigenvalue weighted by Gasteiger charge is -2.19. The maximum Gasteiger partial charge on any atom is 0.407 e. The number of benzene rings is 1. The van der Waals surface area contributed by atoms with Crippen LogP contribution >= 0.6 is 0 Å². The Balaban J connectivity index is 2.59. The van der Waals surface area contributed by atoms with Crippen molar-refractivity contribution in [3.8, 4) is 0 Å². The molecule has 0 saturated heterocycles. The molecule has 0 radical (unpaired) electrons. The minimum absolute atomic E-state index is 0.270. The molecule has 3 N–H and O–H groups in total. The molecule has 0 unspecified atom stereocenters. The van der Waals surface area contributed by atoms with E-state index in [0.717, 1.165) is 5.56 Å². The highest BCUT2D eigenvalue weighted by Crippen LogP contribution is 2.12. The highest BCUT2D eigenvalue weighted by molar-refractivity contribution is 5.96. The first-order valence-electron chi connectivity index (χ1n) is 7.70. The van der Waals surface area contributed by atoms with Crippen LogP contribution in [0.3, 0.4) is 0 Å². The van der Waals surface area contributed by atoms with Gasteiger partial charge in [0.15, 0.2) is 0 Å². The molecular formula is C17H25N3O4. The highest BCUT2D eigenvalue weighted by atomic mass is 16.6. The minimum atomic E-state index is -0.633. The molecule has 1 aromatic rings. The number of hydrogen-bond acceptors (Lipinski definition) is 4. The van der Waals surface area contributed by atoms with Crippen LogP contribution in [0.2, 0.25) is 0 Å². The van der Waals surface area contributed by atoms with Crippen molar-refractivity contribution in [3.63, 3.8) is 0 Å². The first kappa shape index (κ1) is 19.5. The summed E-state index contributed by atoms with van der Waals surface area (Å²) < 4.78 is 5.16. The third-order valence-corrected chi connectivity index (χ3v) is 2.84. The van der Waals surface area contributed by atoms with Gasteiger partial charge in [0.2, 0.25) is 11.8 Å². The zero-order valence-corrected chi connectivity index (χ0v) is 14.7. The van der Waals surface area contributed by atoms with E-state index in [1.54, 1.807) is 45.9 Å². The van der Waals surface area contributed by atoms with Crippen molar-refractivity contribution >= 4 is 23.6 Å². The Labute approximate surface area is 142 Å². The summed E-state index contributed by atoms with van der Waals surface area (Å²) in [4.78, 5) is 34.6. The van der Waals surface area contributed by atoms with Crippen molar-refractivity contribution < 1.29 is 19.1 Å². The summed E-state index contributed by atoms with van der Waals surface area (Å²) in [6.07, 6.45) is -0.504. The molecule has 0 aliphatic carbocycles. The number of carbonyl (C=O) groups is 3. The predicted octanol–water partition coefficient (Wildman–Crippen LogP) is 2.17. The Morgan fingerprint density at radius 2 is 1.88 bits per heavy atom. The van der Waals surface area contributed by atoms with Gasteiger partial charge in [-0.05, 0) is 45.4 Å². The van der Waals surface area contributed by atoms with E-state index < -0.39 is 17.7 Å². The van der Waals surface area contributed by atoms with E-state index >= 15 is 0 Å². The molecule has 1 aromatic carbocycles. The number of alkyl carbamates (subject to hydrolysis) is 1. The molecule has 7 nitrogen and oxygen atoms in total. The molecule has 132 valence electrons. The molecule has 0 aromatic heterocycles. The van der Waals surface area contributed by atoms with Gasteiger partial charge >= 0.3 is 6.09 Å². The quantitative estimate of drug-likeness (QED) is 0.768. The Kier molecular flexibility index (Phi) is 6.76. The summed E-state index contributed by atoms with van der Waals surface area (Å²) in [7, 11) is 0. The topological polar surface area (TPSA) is 96.5 Å². The number of nitrogens with one attached hydrogen (secondary N) is 3. The van der Waals surface area contributed by atoms with Crippen LogP contribution in [0.1, 0.15) is 40.2 Å². The van der Waals surface area contributed by atoms with Gasteiger partial charge in [-0.15, -0.1) is 0 Å². The van der Waals surface area contributed by atoms with E-state index in [9.17, 15) is 14.4 Å². The van der Waals surface area contributed by atoms with Gasteiger partial charge in [0.1, 0.15) is 11.6 Å². The second-order valence-corrected chi connectivity index (χ2v) is 6.47. The van der Waals surface area contributed by atoms with Crippen LogP contribution in [0.25, 0.3) is 0 Å². The number of amides is 3. The Morgan fingerprint density at radius 3 is 2.46 bits per heavy atom. The number of rotatable bonds is 5. The summed E-state index contributed by atoms with van der Waals surface area (Å²) >= 11 is 0. The van der Waals surface area contributed by atoms with E-state index in [1.165, 1.54) is 6.92 Å². The normalized spacial score (nSPS) is 12.0. The van der Waals surface area contributed by atoms with E-state index in [0.29, 0.717) is 5.69 Å². The lowest BCUT2D eigenvalue weighted by atomic mass is 10.2. The van der Waals surface area contributed by atoms with Crippen molar-refractivity contribution in [1.29, 1.82) is 0 Å². The van der Waals surface area contributed by atoms with Crippen LogP contribution in [0.15, 0.2) is 24.3 Å². The van der Waals surface area contributed by atoms with Crippen molar-refractivity contribution in [3.05, 3.63) is 29.8 Å². The zero-order valence-electron chi connectivity index (χ0n) is 14.7. The first-order valence-corrected chi connectivity index (χ1v) is 7.70. The molecule has 0 heterocycles.